The second kappa shape index (κ2) is 5.07. The molecule has 1 aliphatic heterocycles. The number of benzene rings is 1. The van der Waals surface area contributed by atoms with Crippen LogP contribution in [0.5, 0.6) is 0 Å². The van der Waals surface area contributed by atoms with Gasteiger partial charge in [-0.15, -0.1) is 0 Å². The summed E-state index contributed by atoms with van der Waals surface area (Å²) in [7, 11) is 1.68. The summed E-state index contributed by atoms with van der Waals surface area (Å²) in [6, 6.07) is 9.36. The Kier molecular flexibility index (Phi) is 3.27. The molecule has 3 rings (SSSR count). The average Bonchev–Trinajstić information content (AvgIpc) is 2.95. The Balaban J connectivity index is 1.85. The summed E-state index contributed by atoms with van der Waals surface area (Å²) in [5.41, 5.74) is 1.64. The number of hydrogen-bond acceptors (Lipinski definition) is 4. The Morgan fingerprint density at radius 3 is 3.11 bits per heavy atom. The van der Waals surface area contributed by atoms with E-state index < -0.39 is 0 Å². The van der Waals surface area contributed by atoms with E-state index in [0.29, 0.717) is 0 Å². The van der Waals surface area contributed by atoms with Gasteiger partial charge in [0.05, 0.1) is 17.7 Å². The summed E-state index contributed by atoms with van der Waals surface area (Å²) in [5, 5.41) is 4.21. The van der Waals surface area contributed by atoms with E-state index >= 15 is 0 Å². The quantitative estimate of drug-likeness (QED) is 0.851. The first-order chi connectivity index (χ1) is 9.28. The topological polar surface area (TPSA) is 51.2 Å². The minimum atomic E-state index is -0.140. The van der Waals surface area contributed by atoms with Crippen molar-refractivity contribution in [3.8, 4) is 0 Å². The lowest BCUT2D eigenvalue weighted by atomic mass is 10.0. The second-order valence-corrected chi connectivity index (χ2v) is 4.83. The lowest BCUT2D eigenvalue weighted by molar-refractivity contribution is 0.0919. The lowest BCUT2D eigenvalue weighted by Crippen LogP contribution is -2.30. The average molecular weight is 256 g/mol. The van der Waals surface area contributed by atoms with Gasteiger partial charge in [0, 0.05) is 30.8 Å². The number of fused-ring (bicyclic) bond motifs is 1. The van der Waals surface area contributed by atoms with Crippen molar-refractivity contribution in [1.29, 1.82) is 0 Å². The molecule has 2 aromatic rings. The number of Topliss-reactive ketones (excluding diaryl/α,β-unsaturated/α-hetero) is 1. The fourth-order valence-electron chi connectivity index (χ4n) is 2.51. The van der Waals surface area contributed by atoms with Gasteiger partial charge >= 0.3 is 0 Å². The van der Waals surface area contributed by atoms with E-state index in [1.807, 2.05) is 30.3 Å². The fraction of sp³-hybridized carbons (Fsp3) is 0.333. The van der Waals surface area contributed by atoms with Crippen LogP contribution >= 0.6 is 0 Å². The van der Waals surface area contributed by atoms with Crippen LogP contribution in [-0.2, 0) is 4.74 Å². The van der Waals surface area contributed by atoms with Crippen LogP contribution in [-0.4, -0.2) is 36.6 Å². The molecule has 1 saturated heterocycles. The van der Waals surface area contributed by atoms with Crippen molar-refractivity contribution in [2.24, 2.45) is 0 Å². The number of nitrogens with one attached hydrogen (secondary N) is 1. The standard InChI is InChI=1S/C15H16N2O2/c1-19-12-8-14(17-9-12)15(18)11-4-5-13-10(7-11)3-2-6-16-13/h2-7,12,14,17H,8-9H2,1H3. The number of ketones is 1. The monoisotopic (exact) mass is 256 g/mol. The number of carbonyl (C=O) groups is 1. The van der Waals surface area contributed by atoms with Gasteiger partial charge in [-0.05, 0) is 30.7 Å². The predicted octanol–water partition coefficient (Wildman–Crippen LogP) is 1.79. The number of methoxy groups -OCH3 is 1. The van der Waals surface area contributed by atoms with E-state index in [1.54, 1.807) is 13.3 Å². The van der Waals surface area contributed by atoms with Crippen molar-refractivity contribution < 1.29 is 9.53 Å². The van der Waals surface area contributed by atoms with Gasteiger partial charge in [-0.1, -0.05) is 6.07 Å². The second-order valence-electron chi connectivity index (χ2n) is 4.83. The summed E-state index contributed by atoms with van der Waals surface area (Å²) in [6.45, 7) is 0.738. The molecule has 0 saturated carbocycles. The van der Waals surface area contributed by atoms with Crippen molar-refractivity contribution in [2.45, 2.75) is 18.6 Å². The van der Waals surface area contributed by atoms with Crippen LogP contribution in [0.25, 0.3) is 10.9 Å². The summed E-state index contributed by atoms with van der Waals surface area (Å²) in [5.74, 6) is 0.130. The van der Waals surface area contributed by atoms with Crippen LogP contribution in [0.3, 0.4) is 0 Å². The van der Waals surface area contributed by atoms with Gasteiger partial charge in [0.1, 0.15) is 0 Å². The molecule has 4 nitrogen and oxygen atoms in total. The maximum atomic E-state index is 12.4. The molecule has 2 heterocycles. The van der Waals surface area contributed by atoms with E-state index in [0.717, 1.165) is 29.4 Å². The van der Waals surface area contributed by atoms with Crippen molar-refractivity contribution in [3.63, 3.8) is 0 Å². The molecule has 1 aliphatic rings. The summed E-state index contributed by atoms with van der Waals surface area (Å²) < 4.78 is 5.27. The maximum Gasteiger partial charge on any atom is 0.179 e. The number of pyridine rings is 1. The third-order valence-electron chi connectivity index (χ3n) is 3.63. The van der Waals surface area contributed by atoms with Crippen LogP contribution in [0, 0.1) is 0 Å². The van der Waals surface area contributed by atoms with Crippen LogP contribution in [0.1, 0.15) is 16.8 Å². The van der Waals surface area contributed by atoms with Crippen molar-refractivity contribution >= 4 is 16.7 Å². The molecule has 2 atom stereocenters. The number of rotatable bonds is 3. The first-order valence-electron chi connectivity index (χ1n) is 6.43. The van der Waals surface area contributed by atoms with Gasteiger partial charge in [-0.2, -0.15) is 0 Å². The number of nitrogens with zero attached hydrogens (tertiary/aromatic N) is 1. The van der Waals surface area contributed by atoms with Gasteiger partial charge in [0.15, 0.2) is 5.78 Å². The largest absolute Gasteiger partial charge is 0.380 e. The highest BCUT2D eigenvalue weighted by molar-refractivity contribution is 6.02. The smallest absolute Gasteiger partial charge is 0.179 e. The Bertz CT molecular complexity index is 612. The minimum absolute atomic E-state index is 0.130. The van der Waals surface area contributed by atoms with Crippen molar-refractivity contribution in [1.82, 2.24) is 10.3 Å². The van der Waals surface area contributed by atoms with Gasteiger partial charge in [-0.25, -0.2) is 0 Å². The first kappa shape index (κ1) is 12.3. The summed E-state index contributed by atoms with van der Waals surface area (Å²) in [6.07, 6.45) is 2.63. The Labute approximate surface area is 111 Å². The molecule has 0 bridgehead atoms. The molecule has 98 valence electrons. The molecule has 19 heavy (non-hydrogen) atoms. The third kappa shape index (κ3) is 2.37. The SMILES string of the molecule is COC1CNC(C(=O)c2ccc3ncccc3c2)C1. The predicted molar refractivity (Wildman–Crippen MR) is 73.3 cm³/mol. The molecule has 4 heteroatoms. The zero-order valence-electron chi connectivity index (χ0n) is 10.8. The van der Waals surface area contributed by atoms with Crippen LogP contribution in [0.2, 0.25) is 0 Å². The lowest BCUT2D eigenvalue weighted by Gasteiger charge is -2.10. The number of ether oxygens (including phenoxy) is 1. The van der Waals surface area contributed by atoms with E-state index in [4.69, 9.17) is 4.74 Å². The van der Waals surface area contributed by atoms with Crippen LogP contribution < -0.4 is 5.32 Å². The highest BCUT2D eigenvalue weighted by atomic mass is 16.5. The van der Waals surface area contributed by atoms with E-state index in [-0.39, 0.29) is 17.9 Å². The molecule has 0 aliphatic carbocycles. The molecule has 0 radical (unpaired) electrons. The Morgan fingerprint density at radius 2 is 2.32 bits per heavy atom. The summed E-state index contributed by atoms with van der Waals surface area (Å²) in [4.78, 5) is 16.7. The molecule has 0 spiro atoms. The molecular weight excluding hydrogens is 240 g/mol. The van der Waals surface area contributed by atoms with E-state index in [9.17, 15) is 4.79 Å². The fourth-order valence-corrected chi connectivity index (χ4v) is 2.51. The van der Waals surface area contributed by atoms with Crippen molar-refractivity contribution in [2.75, 3.05) is 13.7 Å². The van der Waals surface area contributed by atoms with E-state index in [1.165, 1.54) is 0 Å². The van der Waals surface area contributed by atoms with Crippen molar-refractivity contribution in [3.05, 3.63) is 42.1 Å². The normalized spacial score (nSPS) is 22.8. The number of aromatic nitrogens is 1. The first-order valence-corrected chi connectivity index (χ1v) is 6.43. The molecule has 2 unspecified atom stereocenters. The molecule has 1 fully saturated rings. The van der Waals surface area contributed by atoms with Gasteiger partial charge in [-0.3, -0.25) is 9.78 Å². The van der Waals surface area contributed by atoms with Gasteiger partial charge in [0.25, 0.3) is 0 Å². The molecule has 1 aromatic heterocycles. The number of carbonyl (C=O) groups excluding carboxylic acids is 1. The van der Waals surface area contributed by atoms with Crippen LogP contribution in [0.15, 0.2) is 36.5 Å². The highest BCUT2D eigenvalue weighted by Crippen LogP contribution is 2.18. The molecule has 1 aromatic carbocycles. The maximum absolute atomic E-state index is 12.4. The molecular formula is C15H16N2O2. The molecule has 1 N–H and O–H groups in total. The summed E-state index contributed by atoms with van der Waals surface area (Å²) >= 11 is 0. The Hall–Kier alpha value is -1.78. The molecule has 0 amide bonds. The van der Waals surface area contributed by atoms with Gasteiger partial charge < -0.3 is 10.1 Å². The van der Waals surface area contributed by atoms with Gasteiger partial charge in [0.2, 0.25) is 0 Å². The highest BCUT2D eigenvalue weighted by Gasteiger charge is 2.29. The minimum Gasteiger partial charge on any atom is -0.380 e. The zero-order valence-corrected chi connectivity index (χ0v) is 10.8. The third-order valence-corrected chi connectivity index (χ3v) is 3.63. The zero-order chi connectivity index (χ0) is 13.2. The van der Waals surface area contributed by atoms with E-state index in [2.05, 4.69) is 10.3 Å². The van der Waals surface area contributed by atoms with Crippen LogP contribution in [0.4, 0.5) is 0 Å². The number of hydrogen-bond donors (Lipinski definition) is 1. The Morgan fingerprint density at radius 1 is 1.42 bits per heavy atom.